The Morgan fingerprint density at radius 2 is 0.652 bits per heavy atom. The van der Waals surface area contributed by atoms with Crippen molar-refractivity contribution in [3.63, 3.8) is 0 Å². The molecule has 8 atom stereocenters. The normalized spacial score (nSPS) is 30.1. The molecule has 0 bridgehead atoms. The lowest BCUT2D eigenvalue weighted by molar-refractivity contribution is 0.178. The summed E-state index contributed by atoms with van der Waals surface area (Å²) in [4.78, 5) is 0. The summed E-state index contributed by atoms with van der Waals surface area (Å²) in [5, 5.41) is 0. The molecule has 0 amide bonds. The minimum Gasteiger partial charge on any atom is -0.462 e. The number of epoxide rings is 4. The van der Waals surface area contributed by atoms with Gasteiger partial charge in [-0.25, -0.2) is 0 Å². The van der Waals surface area contributed by atoms with E-state index >= 15 is 0 Å². The van der Waals surface area contributed by atoms with Gasteiger partial charge in [-0.2, -0.15) is 0 Å². The van der Waals surface area contributed by atoms with Gasteiger partial charge in [-0.3, -0.25) is 0 Å². The SMILES string of the molecule is CC1OC1Oc1ccc(CC(c2ccc(OC3OC3C)cc2)(c2ccc(OC3OC3C)cc2)c2ccc(OC3OC3C)cc2)cc1. The smallest absolute Gasteiger partial charge is 0.226 e. The van der Waals surface area contributed by atoms with Crippen molar-refractivity contribution < 1.29 is 37.9 Å². The Hall–Kier alpha value is -4.08. The number of hydrogen-bond donors (Lipinski definition) is 0. The maximum absolute atomic E-state index is 6.02. The molecule has 4 aliphatic heterocycles. The van der Waals surface area contributed by atoms with Crippen molar-refractivity contribution in [2.75, 3.05) is 0 Å². The highest BCUT2D eigenvalue weighted by molar-refractivity contribution is 5.55. The van der Waals surface area contributed by atoms with Crippen LogP contribution in [0.15, 0.2) is 97.1 Å². The standard InChI is InChI=1S/C38H38O8/c1-22-34(39-22)43-30-13-5-26(6-14-30)21-38(27-7-15-31(16-8-27)44-35-23(2)40-35,28-9-17-32(18-10-28)45-36-24(3)41-36)29-11-19-33(20-12-29)46-37-25(4)42-37/h5-20,22-25,34-37H,21H2,1-4H3. The van der Waals surface area contributed by atoms with Crippen molar-refractivity contribution in [3.8, 4) is 23.0 Å². The molecule has 4 aromatic rings. The van der Waals surface area contributed by atoms with E-state index in [1.54, 1.807) is 0 Å². The molecule has 0 N–H and O–H groups in total. The summed E-state index contributed by atoms with van der Waals surface area (Å²) in [5.74, 6) is 3.11. The van der Waals surface area contributed by atoms with Gasteiger partial charge in [0.05, 0.1) is 0 Å². The highest BCUT2D eigenvalue weighted by Crippen LogP contribution is 2.45. The van der Waals surface area contributed by atoms with Crippen molar-refractivity contribution in [3.05, 3.63) is 119 Å². The predicted octanol–water partition coefficient (Wildman–Crippen LogP) is 6.76. The molecule has 8 unspecified atom stereocenters. The first-order valence-corrected chi connectivity index (χ1v) is 16.0. The number of benzene rings is 4. The Bertz CT molecular complexity index is 1500. The zero-order valence-corrected chi connectivity index (χ0v) is 26.3. The van der Waals surface area contributed by atoms with Gasteiger partial charge in [-0.15, -0.1) is 0 Å². The minimum atomic E-state index is -0.581. The minimum absolute atomic E-state index is 0.106. The third kappa shape index (κ3) is 6.18. The van der Waals surface area contributed by atoms with Crippen molar-refractivity contribution in [1.82, 2.24) is 0 Å². The van der Waals surface area contributed by atoms with Crippen LogP contribution in [0.2, 0.25) is 0 Å². The van der Waals surface area contributed by atoms with E-state index in [0.717, 1.165) is 45.3 Å². The van der Waals surface area contributed by atoms with Crippen molar-refractivity contribution in [2.45, 2.75) is 89.1 Å². The van der Waals surface area contributed by atoms with Crippen LogP contribution in [-0.4, -0.2) is 49.6 Å². The third-order valence-electron chi connectivity index (χ3n) is 9.06. The molecule has 4 heterocycles. The van der Waals surface area contributed by atoms with Crippen LogP contribution < -0.4 is 18.9 Å². The van der Waals surface area contributed by atoms with Crippen LogP contribution in [0.3, 0.4) is 0 Å². The molecule has 4 aromatic carbocycles. The Kier molecular flexibility index (Phi) is 7.41. The van der Waals surface area contributed by atoms with Crippen molar-refractivity contribution >= 4 is 0 Å². The van der Waals surface area contributed by atoms with E-state index in [-0.39, 0.29) is 49.6 Å². The Morgan fingerprint density at radius 1 is 0.413 bits per heavy atom. The zero-order valence-electron chi connectivity index (χ0n) is 26.3. The van der Waals surface area contributed by atoms with Crippen LogP contribution in [0.1, 0.15) is 49.9 Å². The van der Waals surface area contributed by atoms with Gasteiger partial charge in [0, 0.05) is 5.41 Å². The van der Waals surface area contributed by atoms with Gasteiger partial charge in [0.15, 0.2) is 0 Å². The highest BCUT2D eigenvalue weighted by atomic mass is 16.8. The second-order valence-corrected chi connectivity index (χ2v) is 12.6. The molecule has 8 rings (SSSR count). The van der Waals surface area contributed by atoms with Crippen LogP contribution >= 0.6 is 0 Å². The molecule has 46 heavy (non-hydrogen) atoms. The summed E-state index contributed by atoms with van der Waals surface area (Å²) in [6.45, 7) is 8.02. The van der Waals surface area contributed by atoms with Gasteiger partial charge < -0.3 is 37.9 Å². The second kappa shape index (κ2) is 11.6. The van der Waals surface area contributed by atoms with Crippen molar-refractivity contribution in [2.24, 2.45) is 0 Å². The van der Waals surface area contributed by atoms with E-state index < -0.39 is 5.41 Å². The maximum Gasteiger partial charge on any atom is 0.226 e. The zero-order chi connectivity index (χ0) is 31.4. The molecule has 238 valence electrons. The van der Waals surface area contributed by atoms with E-state index in [9.17, 15) is 0 Å². The summed E-state index contributed by atoms with van der Waals surface area (Å²) >= 11 is 0. The number of hydrogen-bond acceptors (Lipinski definition) is 8. The van der Waals surface area contributed by atoms with E-state index in [4.69, 9.17) is 37.9 Å². The van der Waals surface area contributed by atoms with E-state index in [2.05, 4.69) is 48.5 Å². The molecule has 4 saturated heterocycles. The summed E-state index contributed by atoms with van der Waals surface area (Å²) in [5.41, 5.74) is 3.92. The van der Waals surface area contributed by atoms with Gasteiger partial charge in [0.1, 0.15) is 47.4 Å². The Labute approximate surface area is 269 Å². The summed E-state index contributed by atoms with van der Waals surface area (Å²) in [6.07, 6.45) is 0.352. The summed E-state index contributed by atoms with van der Waals surface area (Å²) in [7, 11) is 0. The fourth-order valence-corrected chi connectivity index (χ4v) is 5.95. The van der Waals surface area contributed by atoms with Gasteiger partial charge in [0.2, 0.25) is 25.2 Å². The first-order chi connectivity index (χ1) is 22.3. The molecule has 0 radical (unpaired) electrons. The molecule has 0 saturated carbocycles. The largest absolute Gasteiger partial charge is 0.462 e. The van der Waals surface area contributed by atoms with Gasteiger partial charge in [-0.1, -0.05) is 48.5 Å². The topological polar surface area (TPSA) is 87.0 Å². The second-order valence-electron chi connectivity index (χ2n) is 12.6. The van der Waals surface area contributed by atoms with Crippen LogP contribution in [0.25, 0.3) is 0 Å². The molecule has 4 aliphatic rings. The van der Waals surface area contributed by atoms with E-state index in [0.29, 0.717) is 6.42 Å². The van der Waals surface area contributed by atoms with Gasteiger partial charge in [0.25, 0.3) is 0 Å². The number of ether oxygens (including phenoxy) is 8. The fraction of sp³-hybridized carbons (Fsp3) is 0.368. The molecule has 8 heteroatoms. The lowest BCUT2D eigenvalue weighted by atomic mass is 9.66. The van der Waals surface area contributed by atoms with E-state index in [1.807, 2.05) is 76.2 Å². The molecule has 0 spiro atoms. The van der Waals surface area contributed by atoms with Gasteiger partial charge >= 0.3 is 0 Å². The lowest BCUT2D eigenvalue weighted by Gasteiger charge is -2.37. The highest BCUT2D eigenvalue weighted by Gasteiger charge is 2.41. The van der Waals surface area contributed by atoms with Crippen LogP contribution in [-0.2, 0) is 30.8 Å². The summed E-state index contributed by atoms with van der Waals surface area (Å²) in [6, 6.07) is 33.4. The Balaban J connectivity index is 1.19. The molecule has 0 aromatic heterocycles. The molecule has 0 aliphatic carbocycles. The van der Waals surface area contributed by atoms with Crippen molar-refractivity contribution in [1.29, 1.82) is 0 Å². The first-order valence-electron chi connectivity index (χ1n) is 16.0. The van der Waals surface area contributed by atoms with Gasteiger partial charge in [-0.05, 0) is 105 Å². The van der Waals surface area contributed by atoms with Crippen LogP contribution in [0, 0.1) is 0 Å². The first kappa shape index (κ1) is 29.3. The van der Waals surface area contributed by atoms with Crippen LogP contribution in [0.5, 0.6) is 23.0 Å². The monoisotopic (exact) mass is 622 g/mol. The molecular weight excluding hydrogens is 584 g/mol. The fourth-order valence-electron chi connectivity index (χ4n) is 5.95. The predicted molar refractivity (Wildman–Crippen MR) is 169 cm³/mol. The van der Waals surface area contributed by atoms with E-state index in [1.165, 1.54) is 0 Å². The molecule has 4 fully saturated rings. The third-order valence-corrected chi connectivity index (χ3v) is 9.06. The summed E-state index contributed by atoms with van der Waals surface area (Å²) < 4.78 is 46.0. The molecule has 8 nitrogen and oxygen atoms in total. The molecular formula is C38H38O8. The lowest BCUT2D eigenvalue weighted by Crippen LogP contribution is -2.32. The Morgan fingerprint density at radius 3 is 0.891 bits per heavy atom. The quantitative estimate of drug-likeness (QED) is 0.119. The maximum atomic E-state index is 6.02. The average Bonchev–Trinajstić information content (AvgIpc) is 4.00. The number of rotatable bonds is 13. The van der Waals surface area contributed by atoms with Crippen LogP contribution in [0.4, 0.5) is 0 Å². The average molecular weight is 623 g/mol.